The van der Waals surface area contributed by atoms with Gasteiger partial charge in [-0.25, -0.2) is 8.42 Å². The molecule has 3 rings (SSSR count). The van der Waals surface area contributed by atoms with Crippen molar-refractivity contribution in [3.63, 3.8) is 0 Å². The van der Waals surface area contributed by atoms with Crippen LogP contribution in [0.4, 0.5) is 5.69 Å². The van der Waals surface area contributed by atoms with Gasteiger partial charge in [0.25, 0.3) is 10.0 Å². The van der Waals surface area contributed by atoms with Crippen LogP contribution in [-0.4, -0.2) is 20.4 Å². The Kier molecular flexibility index (Phi) is 4.80. The summed E-state index contributed by atoms with van der Waals surface area (Å²) in [5.74, 6) is 0.0421. The van der Waals surface area contributed by atoms with Gasteiger partial charge in [0.1, 0.15) is 0 Å². The predicted octanol–water partition coefficient (Wildman–Crippen LogP) is 3.35. The van der Waals surface area contributed by atoms with E-state index in [9.17, 15) is 13.2 Å². The molecule has 2 aromatic carbocycles. The van der Waals surface area contributed by atoms with Gasteiger partial charge in [-0.2, -0.15) is 0 Å². The van der Waals surface area contributed by atoms with Crippen molar-refractivity contribution in [2.45, 2.75) is 50.0 Å². The number of aryl methyl sites for hydroxylation is 1. The minimum absolute atomic E-state index is 0.0421. The highest BCUT2D eigenvalue weighted by molar-refractivity contribution is 7.92. The second kappa shape index (κ2) is 6.76. The molecule has 0 aromatic heterocycles. The molecule has 0 atom stereocenters. The summed E-state index contributed by atoms with van der Waals surface area (Å²) < 4.78 is 27.5. The van der Waals surface area contributed by atoms with E-state index in [4.69, 9.17) is 0 Å². The molecule has 2 aromatic rings. The fourth-order valence-electron chi connectivity index (χ4n) is 2.96. The number of hydrogen-bond acceptors (Lipinski definition) is 3. The molecule has 0 aliphatic heterocycles. The van der Waals surface area contributed by atoms with Crippen LogP contribution in [0.1, 0.15) is 37.8 Å². The van der Waals surface area contributed by atoms with Gasteiger partial charge in [0.05, 0.1) is 10.3 Å². The smallest absolute Gasteiger partial charge is 0.261 e. The quantitative estimate of drug-likeness (QED) is 0.816. The Balaban J connectivity index is 1.76. The molecule has 0 spiro atoms. The highest BCUT2D eigenvalue weighted by atomic mass is 32.2. The number of amides is 1. The topological polar surface area (TPSA) is 75.3 Å². The second-order valence-electron chi connectivity index (χ2n) is 7.21. The molecule has 1 saturated carbocycles. The van der Waals surface area contributed by atoms with Crippen LogP contribution in [-0.2, 0) is 20.2 Å². The van der Waals surface area contributed by atoms with Gasteiger partial charge in [-0.05, 0) is 63.4 Å². The predicted molar refractivity (Wildman–Crippen MR) is 103 cm³/mol. The van der Waals surface area contributed by atoms with Crippen molar-refractivity contribution >= 4 is 21.6 Å². The number of anilines is 1. The molecule has 0 saturated heterocycles. The van der Waals surface area contributed by atoms with Gasteiger partial charge in [0, 0.05) is 11.7 Å². The Morgan fingerprint density at radius 3 is 2.08 bits per heavy atom. The number of hydrogen-bond donors (Lipinski definition) is 2. The molecule has 0 unspecified atom stereocenters. The van der Waals surface area contributed by atoms with Crippen molar-refractivity contribution in [1.29, 1.82) is 0 Å². The Hall–Kier alpha value is -2.34. The second-order valence-corrected chi connectivity index (χ2v) is 8.89. The number of rotatable bonds is 6. The average Bonchev–Trinajstić information content (AvgIpc) is 3.37. The fourth-order valence-corrected chi connectivity index (χ4v) is 4.02. The van der Waals surface area contributed by atoms with Crippen molar-refractivity contribution in [2.75, 3.05) is 4.72 Å². The first-order chi connectivity index (χ1) is 12.2. The molecule has 1 fully saturated rings. The van der Waals surface area contributed by atoms with Crippen LogP contribution in [0.15, 0.2) is 53.4 Å². The molecular formula is C20H24N2O3S. The van der Waals surface area contributed by atoms with Gasteiger partial charge in [0.15, 0.2) is 0 Å². The third-order valence-corrected chi connectivity index (χ3v) is 6.02. The van der Waals surface area contributed by atoms with Crippen LogP contribution >= 0.6 is 0 Å². The zero-order chi connectivity index (χ0) is 18.9. The molecule has 26 heavy (non-hydrogen) atoms. The number of benzene rings is 2. The van der Waals surface area contributed by atoms with E-state index in [1.165, 1.54) is 0 Å². The van der Waals surface area contributed by atoms with Crippen LogP contribution < -0.4 is 10.0 Å². The van der Waals surface area contributed by atoms with E-state index in [0.29, 0.717) is 5.69 Å². The maximum atomic E-state index is 12.5. The summed E-state index contributed by atoms with van der Waals surface area (Å²) in [6.45, 7) is 5.79. The van der Waals surface area contributed by atoms with Crippen molar-refractivity contribution in [1.82, 2.24) is 5.32 Å². The Morgan fingerprint density at radius 1 is 1.00 bits per heavy atom. The molecular weight excluding hydrogens is 348 g/mol. The lowest BCUT2D eigenvalue weighted by atomic mass is 9.94. The Morgan fingerprint density at radius 2 is 1.58 bits per heavy atom. The summed E-state index contributed by atoms with van der Waals surface area (Å²) in [6.07, 6.45) is 1.64. The Bertz CT molecular complexity index is 897. The summed E-state index contributed by atoms with van der Waals surface area (Å²) >= 11 is 0. The Labute approximate surface area is 154 Å². The lowest BCUT2D eigenvalue weighted by molar-refractivity contribution is -0.124. The molecule has 0 radical (unpaired) electrons. The average molecular weight is 372 g/mol. The summed E-state index contributed by atoms with van der Waals surface area (Å²) in [5, 5.41) is 2.97. The molecule has 5 nitrogen and oxygen atoms in total. The van der Waals surface area contributed by atoms with Crippen LogP contribution in [0.3, 0.4) is 0 Å². The van der Waals surface area contributed by atoms with Crippen LogP contribution in [0.2, 0.25) is 0 Å². The number of nitrogens with one attached hydrogen (secondary N) is 2. The maximum absolute atomic E-state index is 12.5. The van der Waals surface area contributed by atoms with Crippen molar-refractivity contribution in [3.8, 4) is 0 Å². The highest BCUT2D eigenvalue weighted by Crippen LogP contribution is 2.48. The largest absolute Gasteiger partial charge is 0.353 e. The standard InChI is InChI=1S/C20H24N2O3S/c1-14(2)21-19(23)20(12-13-20)16-6-8-17(9-7-16)22-26(24,25)18-10-4-15(3)5-11-18/h4-11,14,22H,12-13H2,1-3H3,(H,21,23). The van der Waals surface area contributed by atoms with Gasteiger partial charge in [-0.1, -0.05) is 29.8 Å². The minimum atomic E-state index is -3.62. The molecule has 6 heteroatoms. The normalized spacial score (nSPS) is 15.5. The number of sulfonamides is 1. The third-order valence-electron chi connectivity index (χ3n) is 4.63. The van der Waals surface area contributed by atoms with Crippen molar-refractivity contribution in [3.05, 3.63) is 59.7 Å². The van der Waals surface area contributed by atoms with Crippen molar-refractivity contribution < 1.29 is 13.2 Å². The maximum Gasteiger partial charge on any atom is 0.261 e. The summed E-state index contributed by atoms with van der Waals surface area (Å²) in [6, 6.07) is 13.9. The molecule has 0 bridgehead atoms. The first kappa shape index (κ1) is 18.5. The van der Waals surface area contributed by atoms with Gasteiger partial charge in [0.2, 0.25) is 5.91 Å². The van der Waals surface area contributed by atoms with Crippen LogP contribution in [0.25, 0.3) is 0 Å². The van der Waals surface area contributed by atoms with E-state index in [-0.39, 0.29) is 16.8 Å². The zero-order valence-electron chi connectivity index (χ0n) is 15.2. The van der Waals surface area contributed by atoms with E-state index < -0.39 is 15.4 Å². The lowest BCUT2D eigenvalue weighted by Gasteiger charge is -2.18. The lowest BCUT2D eigenvalue weighted by Crippen LogP contribution is -2.38. The van der Waals surface area contributed by atoms with Gasteiger partial charge < -0.3 is 5.32 Å². The first-order valence-electron chi connectivity index (χ1n) is 8.74. The van der Waals surface area contributed by atoms with Crippen LogP contribution in [0, 0.1) is 6.92 Å². The highest BCUT2D eigenvalue weighted by Gasteiger charge is 2.51. The third kappa shape index (κ3) is 3.75. The van der Waals surface area contributed by atoms with Crippen molar-refractivity contribution in [2.24, 2.45) is 0 Å². The monoisotopic (exact) mass is 372 g/mol. The number of carbonyl (C=O) groups is 1. The molecule has 0 heterocycles. The van der Waals surface area contributed by atoms with E-state index in [1.807, 2.05) is 32.9 Å². The summed E-state index contributed by atoms with van der Waals surface area (Å²) in [4.78, 5) is 12.7. The van der Waals surface area contributed by atoms with Gasteiger partial charge >= 0.3 is 0 Å². The van der Waals surface area contributed by atoms with E-state index >= 15 is 0 Å². The van der Waals surface area contributed by atoms with Gasteiger partial charge in [-0.15, -0.1) is 0 Å². The fraction of sp³-hybridized carbons (Fsp3) is 0.350. The summed E-state index contributed by atoms with van der Waals surface area (Å²) in [7, 11) is -3.62. The minimum Gasteiger partial charge on any atom is -0.353 e. The van der Waals surface area contributed by atoms with E-state index in [1.54, 1.807) is 36.4 Å². The molecule has 1 aliphatic rings. The molecule has 2 N–H and O–H groups in total. The van der Waals surface area contributed by atoms with E-state index in [0.717, 1.165) is 24.0 Å². The summed E-state index contributed by atoms with van der Waals surface area (Å²) in [5.41, 5.74) is 1.95. The SMILES string of the molecule is Cc1ccc(S(=O)(=O)Nc2ccc(C3(C(=O)NC(C)C)CC3)cc2)cc1. The molecule has 1 aliphatic carbocycles. The molecule has 1 amide bonds. The van der Waals surface area contributed by atoms with E-state index in [2.05, 4.69) is 10.0 Å². The first-order valence-corrected chi connectivity index (χ1v) is 10.2. The van der Waals surface area contributed by atoms with Gasteiger partial charge in [-0.3, -0.25) is 9.52 Å². The number of carbonyl (C=O) groups excluding carboxylic acids is 1. The zero-order valence-corrected chi connectivity index (χ0v) is 16.1. The molecule has 138 valence electrons. The van der Waals surface area contributed by atoms with Crippen LogP contribution in [0.5, 0.6) is 0 Å².